The van der Waals surface area contributed by atoms with Gasteiger partial charge in [0.05, 0.1) is 0 Å². The number of benzene rings is 2. The number of ketones is 1. The summed E-state index contributed by atoms with van der Waals surface area (Å²) in [6, 6.07) is 16.3. The predicted octanol–water partition coefficient (Wildman–Crippen LogP) is 4.50. The van der Waals surface area contributed by atoms with Gasteiger partial charge in [0.1, 0.15) is 5.75 Å². The van der Waals surface area contributed by atoms with Crippen molar-refractivity contribution in [3.8, 4) is 5.75 Å². The maximum atomic E-state index is 12.3. The molecule has 144 valence electrons. The van der Waals surface area contributed by atoms with Gasteiger partial charge in [-0.15, -0.1) is 0 Å². The normalized spacial score (nSPS) is 10.7. The number of anilines is 1. The number of carbonyl (C=O) groups excluding carboxylic acids is 2. The summed E-state index contributed by atoms with van der Waals surface area (Å²) in [5.41, 5.74) is 2.74. The van der Waals surface area contributed by atoms with E-state index in [1.54, 1.807) is 41.2 Å². The molecule has 0 bridgehead atoms. The molecule has 0 fully saturated rings. The first-order chi connectivity index (χ1) is 13.4. The Balaban J connectivity index is 1.56. The zero-order valence-corrected chi connectivity index (χ0v) is 16.2. The van der Waals surface area contributed by atoms with E-state index in [2.05, 4.69) is 24.3 Å². The van der Waals surface area contributed by atoms with E-state index < -0.39 is 0 Å². The summed E-state index contributed by atoms with van der Waals surface area (Å²) in [4.78, 5) is 23.6. The van der Waals surface area contributed by atoms with Crippen LogP contribution in [0, 0.1) is 0 Å². The predicted molar refractivity (Wildman–Crippen MR) is 108 cm³/mol. The second-order valence-corrected chi connectivity index (χ2v) is 6.83. The molecule has 1 heterocycles. The molecule has 0 unspecified atom stereocenters. The van der Waals surface area contributed by atoms with E-state index in [1.807, 2.05) is 24.3 Å². The second-order valence-electron chi connectivity index (χ2n) is 6.83. The zero-order valence-electron chi connectivity index (χ0n) is 16.2. The Kier molecular flexibility index (Phi) is 5.89. The first-order valence-electron chi connectivity index (χ1n) is 9.11. The summed E-state index contributed by atoms with van der Waals surface area (Å²) in [7, 11) is 0. The van der Waals surface area contributed by atoms with Crippen LogP contribution in [-0.4, -0.2) is 21.5 Å². The highest BCUT2D eigenvalue weighted by atomic mass is 16.5. The van der Waals surface area contributed by atoms with Crippen molar-refractivity contribution in [1.82, 2.24) is 9.78 Å². The van der Waals surface area contributed by atoms with Crippen LogP contribution in [0.2, 0.25) is 0 Å². The van der Waals surface area contributed by atoms with Crippen molar-refractivity contribution in [3.05, 3.63) is 77.6 Å². The molecule has 0 aliphatic heterocycles. The van der Waals surface area contributed by atoms with Crippen LogP contribution in [0.3, 0.4) is 0 Å². The number of nitrogens with one attached hydrogen (secondary N) is 1. The van der Waals surface area contributed by atoms with Crippen LogP contribution >= 0.6 is 0 Å². The van der Waals surface area contributed by atoms with Crippen LogP contribution in [0.1, 0.15) is 53.1 Å². The maximum absolute atomic E-state index is 12.3. The Morgan fingerprint density at radius 1 is 1.04 bits per heavy atom. The van der Waals surface area contributed by atoms with Crippen LogP contribution in [-0.2, 0) is 6.73 Å². The van der Waals surface area contributed by atoms with Gasteiger partial charge < -0.3 is 10.1 Å². The van der Waals surface area contributed by atoms with Gasteiger partial charge in [-0.3, -0.25) is 9.59 Å². The van der Waals surface area contributed by atoms with Gasteiger partial charge >= 0.3 is 0 Å². The molecule has 0 saturated carbocycles. The minimum atomic E-state index is -0.324. The molecule has 3 rings (SSSR count). The maximum Gasteiger partial charge on any atom is 0.276 e. The van der Waals surface area contributed by atoms with E-state index in [1.165, 1.54) is 12.5 Å². The van der Waals surface area contributed by atoms with E-state index in [0.717, 1.165) is 5.75 Å². The second kappa shape index (κ2) is 8.52. The Morgan fingerprint density at radius 3 is 2.32 bits per heavy atom. The lowest BCUT2D eigenvalue weighted by Crippen LogP contribution is -2.14. The number of carbonyl (C=O) groups is 2. The van der Waals surface area contributed by atoms with Gasteiger partial charge in [-0.2, -0.15) is 5.10 Å². The molecular weight excluding hydrogens is 354 g/mol. The molecule has 0 aliphatic rings. The monoisotopic (exact) mass is 377 g/mol. The topological polar surface area (TPSA) is 73.2 Å². The molecule has 3 aromatic rings. The molecule has 1 N–H and O–H groups in total. The van der Waals surface area contributed by atoms with Crippen molar-refractivity contribution in [2.75, 3.05) is 5.32 Å². The summed E-state index contributed by atoms with van der Waals surface area (Å²) in [6.07, 6.45) is 1.69. The average Bonchev–Trinajstić information content (AvgIpc) is 3.16. The third-order valence-electron chi connectivity index (χ3n) is 4.33. The van der Waals surface area contributed by atoms with Gasteiger partial charge in [0.25, 0.3) is 5.91 Å². The molecule has 0 saturated heterocycles. The van der Waals surface area contributed by atoms with Crippen LogP contribution in [0.15, 0.2) is 60.8 Å². The molecule has 1 aromatic heterocycles. The summed E-state index contributed by atoms with van der Waals surface area (Å²) < 4.78 is 7.27. The molecule has 6 heteroatoms. The quantitative estimate of drug-likeness (QED) is 0.615. The molecule has 0 atom stereocenters. The number of ether oxygens (including phenoxy) is 1. The van der Waals surface area contributed by atoms with E-state index in [0.29, 0.717) is 17.2 Å². The van der Waals surface area contributed by atoms with Crippen LogP contribution in [0.5, 0.6) is 5.75 Å². The Hall–Kier alpha value is -3.41. The first-order valence-corrected chi connectivity index (χ1v) is 9.11. The lowest BCUT2D eigenvalue weighted by Gasteiger charge is -2.09. The zero-order chi connectivity index (χ0) is 20.1. The molecule has 2 aromatic carbocycles. The lowest BCUT2D eigenvalue weighted by molar-refractivity contribution is 0.101. The SMILES string of the molecule is CC(=O)c1ccc(NC(=O)c2ccn(COc3ccc(C(C)C)cc3)n2)cc1. The lowest BCUT2D eigenvalue weighted by atomic mass is 10.0. The number of hydrogen-bond acceptors (Lipinski definition) is 4. The molecule has 6 nitrogen and oxygen atoms in total. The molecule has 0 radical (unpaired) electrons. The van der Waals surface area contributed by atoms with Crippen molar-refractivity contribution in [2.45, 2.75) is 33.4 Å². The number of nitrogens with zero attached hydrogens (tertiary/aromatic N) is 2. The number of aromatic nitrogens is 2. The summed E-state index contributed by atoms with van der Waals surface area (Å²) in [5, 5.41) is 7.00. The highest BCUT2D eigenvalue weighted by Gasteiger charge is 2.10. The van der Waals surface area contributed by atoms with Crippen LogP contribution in [0.25, 0.3) is 0 Å². The van der Waals surface area contributed by atoms with Gasteiger partial charge in [0, 0.05) is 17.4 Å². The Morgan fingerprint density at radius 2 is 1.71 bits per heavy atom. The van der Waals surface area contributed by atoms with Crippen molar-refractivity contribution >= 4 is 17.4 Å². The van der Waals surface area contributed by atoms with E-state index >= 15 is 0 Å². The largest absolute Gasteiger partial charge is 0.471 e. The molecule has 1 amide bonds. The molecule has 28 heavy (non-hydrogen) atoms. The van der Waals surface area contributed by atoms with E-state index in [9.17, 15) is 9.59 Å². The average molecular weight is 377 g/mol. The minimum absolute atomic E-state index is 0.0181. The number of rotatable bonds is 7. The third-order valence-corrected chi connectivity index (χ3v) is 4.33. The van der Waals surface area contributed by atoms with Crippen molar-refractivity contribution < 1.29 is 14.3 Å². The van der Waals surface area contributed by atoms with Crippen LogP contribution in [0.4, 0.5) is 5.69 Å². The van der Waals surface area contributed by atoms with Crippen molar-refractivity contribution in [3.63, 3.8) is 0 Å². The van der Waals surface area contributed by atoms with Gasteiger partial charge in [0.15, 0.2) is 18.2 Å². The van der Waals surface area contributed by atoms with E-state index in [4.69, 9.17) is 4.74 Å². The number of amides is 1. The standard InChI is InChI=1S/C22H23N3O3/c1-15(2)17-6-10-20(11-7-17)28-14-25-13-12-21(24-25)22(27)23-19-8-4-18(5-9-19)16(3)26/h4-13,15H,14H2,1-3H3,(H,23,27). The Bertz CT molecular complexity index is 957. The number of hydrogen-bond donors (Lipinski definition) is 1. The van der Waals surface area contributed by atoms with E-state index in [-0.39, 0.29) is 24.1 Å². The summed E-state index contributed by atoms with van der Waals surface area (Å²) >= 11 is 0. The van der Waals surface area contributed by atoms with Gasteiger partial charge in [0.2, 0.25) is 0 Å². The fourth-order valence-corrected chi connectivity index (χ4v) is 2.63. The number of Topliss-reactive ketones (excluding diaryl/α,β-unsaturated/α-hetero) is 1. The minimum Gasteiger partial charge on any atom is -0.471 e. The van der Waals surface area contributed by atoms with Gasteiger partial charge in [-0.1, -0.05) is 26.0 Å². The fourth-order valence-electron chi connectivity index (χ4n) is 2.63. The molecular formula is C22H23N3O3. The highest BCUT2D eigenvalue weighted by molar-refractivity contribution is 6.03. The first kappa shape index (κ1) is 19.4. The summed E-state index contributed by atoms with van der Waals surface area (Å²) in [6.45, 7) is 6.00. The van der Waals surface area contributed by atoms with Crippen molar-refractivity contribution in [1.29, 1.82) is 0 Å². The fraction of sp³-hybridized carbons (Fsp3) is 0.227. The summed E-state index contributed by atoms with van der Waals surface area (Å²) in [5.74, 6) is 0.877. The van der Waals surface area contributed by atoms with Crippen LogP contribution < -0.4 is 10.1 Å². The van der Waals surface area contributed by atoms with Crippen molar-refractivity contribution in [2.24, 2.45) is 0 Å². The van der Waals surface area contributed by atoms with Gasteiger partial charge in [-0.25, -0.2) is 4.68 Å². The smallest absolute Gasteiger partial charge is 0.276 e. The Labute approximate surface area is 164 Å². The molecule has 0 aliphatic carbocycles. The third kappa shape index (κ3) is 4.85. The van der Waals surface area contributed by atoms with Gasteiger partial charge in [-0.05, 0) is 60.9 Å². The molecule has 0 spiro atoms. The highest BCUT2D eigenvalue weighted by Crippen LogP contribution is 2.19.